The summed E-state index contributed by atoms with van der Waals surface area (Å²) in [5.41, 5.74) is 3.58. The number of hydrogen-bond donors (Lipinski definition) is 1. The summed E-state index contributed by atoms with van der Waals surface area (Å²) in [7, 11) is 0. The average molecular weight is 512 g/mol. The van der Waals surface area contributed by atoms with E-state index < -0.39 is 13.0 Å². The van der Waals surface area contributed by atoms with Gasteiger partial charge in [-0.3, -0.25) is 19.2 Å². The second-order valence-corrected chi connectivity index (χ2v) is 10.1. The summed E-state index contributed by atoms with van der Waals surface area (Å²) < 4.78 is 32.4. The van der Waals surface area contributed by atoms with E-state index in [0.717, 1.165) is 80.4 Å². The summed E-state index contributed by atoms with van der Waals surface area (Å²) >= 11 is 0. The van der Waals surface area contributed by atoms with Gasteiger partial charge in [-0.2, -0.15) is 4.98 Å². The molecule has 5 rings (SSSR count). The third-order valence-electron chi connectivity index (χ3n) is 7.74. The summed E-state index contributed by atoms with van der Waals surface area (Å²) in [5.74, 6) is 0.629. The molecule has 3 heterocycles. The predicted molar refractivity (Wildman–Crippen MR) is 138 cm³/mol. The Morgan fingerprint density at radius 3 is 2.81 bits per heavy atom. The van der Waals surface area contributed by atoms with Gasteiger partial charge in [0, 0.05) is 54.9 Å². The highest BCUT2D eigenvalue weighted by Gasteiger charge is 2.27. The van der Waals surface area contributed by atoms with Crippen molar-refractivity contribution in [2.75, 3.05) is 19.7 Å². The fourth-order valence-electron chi connectivity index (χ4n) is 5.76. The van der Waals surface area contributed by atoms with Crippen LogP contribution in [0.5, 0.6) is 6.01 Å². The number of rotatable bonds is 9. The maximum atomic E-state index is 13.0. The van der Waals surface area contributed by atoms with Crippen LogP contribution in [0.1, 0.15) is 60.8 Å². The highest BCUT2D eigenvalue weighted by Crippen LogP contribution is 2.29. The Kier molecular flexibility index (Phi) is 7.98. The monoisotopic (exact) mass is 511 g/mol. The van der Waals surface area contributed by atoms with Crippen molar-refractivity contribution in [1.29, 1.82) is 0 Å². The lowest BCUT2D eigenvalue weighted by Gasteiger charge is -2.32. The maximum Gasteiger partial charge on any atom is 0.296 e. The molecule has 9 heteroatoms. The molecule has 1 fully saturated rings. The number of nitrogens with one attached hydrogen (secondary N) is 1. The number of alkyl halides is 2. The first kappa shape index (κ1) is 25.6. The Morgan fingerprint density at radius 1 is 1.19 bits per heavy atom. The van der Waals surface area contributed by atoms with E-state index in [1.54, 1.807) is 6.20 Å². The number of benzene rings is 1. The Balaban J connectivity index is 1.09. The number of ether oxygens (including phenoxy) is 1. The van der Waals surface area contributed by atoms with E-state index >= 15 is 0 Å². The van der Waals surface area contributed by atoms with Gasteiger partial charge >= 0.3 is 0 Å². The molecule has 1 aliphatic heterocycles. The summed E-state index contributed by atoms with van der Waals surface area (Å²) in [5, 5.41) is 4.13. The van der Waals surface area contributed by atoms with Gasteiger partial charge in [-0.1, -0.05) is 12.1 Å². The van der Waals surface area contributed by atoms with Crippen molar-refractivity contribution in [3.05, 3.63) is 53.5 Å². The van der Waals surface area contributed by atoms with E-state index in [4.69, 9.17) is 4.74 Å². The van der Waals surface area contributed by atoms with Crippen molar-refractivity contribution in [3.63, 3.8) is 0 Å². The molecule has 0 radical (unpaired) electrons. The number of imidazole rings is 1. The zero-order valence-electron chi connectivity index (χ0n) is 21.3. The van der Waals surface area contributed by atoms with Gasteiger partial charge < -0.3 is 10.1 Å². The molecule has 7 nitrogen and oxygen atoms in total. The van der Waals surface area contributed by atoms with Gasteiger partial charge in [0.1, 0.15) is 0 Å². The van der Waals surface area contributed by atoms with Crippen molar-refractivity contribution in [2.45, 2.75) is 71.0 Å². The molecular weight excluding hydrogens is 476 g/mol. The first-order valence-electron chi connectivity index (χ1n) is 13.4. The normalized spacial score (nSPS) is 20.2. The van der Waals surface area contributed by atoms with E-state index in [1.807, 2.05) is 41.8 Å². The Labute approximate surface area is 216 Å². The SMILES string of the molecule is CCn1c(OCC(F)F)nc2c1CCN(CCC1CCC(NC(=O)c3cccc4ncccc34)CC1)C2. The van der Waals surface area contributed by atoms with E-state index in [2.05, 4.69) is 20.2 Å². The van der Waals surface area contributed by atoms with Crippen molar-refractivity contribution >= 4 is 16.8 Å². The number of fused-ring (bicyclic) bond motifs is 2. The smallest absolute Gasteiger partial charge is 0.296 e. The van der Waals surface area contributed by atoms with Crippen molar-refractivity contribution in [3.8, 4) is 6.01 Å². The van der Waals surface area contributed by atoms with E-state index in [9.17, 15) is 13.6 Å². The number of nitrogens with zero attached hydrogens (tertiary/aromatic N) is 4. The predicted octanol–water partition coefficient (Wildman–Crippen LogP) is 4.83. The molecule has 1 amide bonds. The fourth-order valence-corrected chi connectivity index (χ4v) is 5.76. The van der Waals surface area contributed by atoms with Crippen LogP contribution in [0.15, 0.2) is 36.5 Å². The van der Waals surface area contributed by atoms with Crippen LogP contribution in [0.2, 0.25) is 0 Å². The molecule has 1 aromatic carbocycles. The van der Waals surface area contributed by atoms with Gasteiger partial charge in [-0.15, -0.1) is 0 Å². The summed E-state index contributed by atoms with van der Waals surface area (Å²) in [6.07, 6.45) is 5.42. The molecule has 1 aliphatic carbocycles. The lowest BCUT2D eigenvalue weighted by Crippen LogP contribution is -2.38. The van der Waals surface area contributed by atoms with Crippen LogP contribution in [-0.4, -0.2) is 57.5 Å². The molecule has 0 saturated heterocycles. The standard InChI is InChI=1S/C28H35F2N5O2/c1-2-35-25-13-16-34(17-24(25)33-28(35)37-18-26(29)30)15-12-19-8-10-20(11-9-19)32-27(36)22-5-3-7-23-21(22)6-4-14-31-23/h3-7,14,19-20,26H,2,8-13,15-18H2,1H3,(H,32,36). The van der Waals surface area contributed by atoms with Crippen LogP contribution < -0.4 is 10.1 Å². The second-order valence-electron chi connectivity index (χ2n) is 10.1. The molecule has 3 aromatic rings. The Hall–Kier alpha value is -3.07. The number of amides is 1. The molecule has 0 bridgehead atoms. The summed E-state index contributed by atoms with van der Waals surface area (Å²) in [4.78, 5) is 24.3. The largest absolute Gasteiger partial charge is 0.459 e. The van der Waals surface area contributed by atoms with Crippen molar-refractivity contribution in [2.24, 2.45) is 5.92 Å². The molecule has 2 aliphatic rings. The van der Waals surface area contributed by atoms with E-state index in [-0.39, 0.29) is 11.9 Å². The number of halogens is 2. The zero-order valence-corrected chi connectivity index (χ0v) is 21.3. The van der Waals surface area contributed by atoms with Gasteiger partial charge in [0.15, 0.2) is 6.61 Å². The van der Waals surface area contributed by atoms with Crippen LogP contribution in [-0.2, 0) is 19.5 Å². The lowest BCUT2D eigenvalue weighted by atomic mass is 9.84. The van der Waals surface area contributed by atoms with E-state index in [0.29, 0.717) is 24.0 Å². The molecule has 0 unspecified atom stereocenters. The van der Waals surface area contributed by atoms with Crippen molar-refractivity contribution < 1.29 is 18.3 Å². The van der Waals surface area contributed by atoms with Crippen LogP contribution in [0.3, 0.4) is 0 Å². The lowest BCUT2D eigenvalue weighted by molar-refractivity contribution is 0.0749. The summed E-state index contributed by atoms with van der Waals surface area (Å²) in [6.45, 7) is 4.70. The second kappa shape index (κ2) is 11.5. The number of aromatic nitrogens is 3. The Bertz CT molecular complexity index is 1220. The fraction of sp³-hybridized carbons (Fsp3) is 0.536. The maximum absolute atomic E-state index is 13.0. The first-order valence-corrected chi connectivity index (χ1v) is 13.4. The molecule has 0 atom stereocenters. The van der Waals surface area contributed by atoms with Gasteiger partial charge in [-0.25, -0.2) is 8.78 Å². The van der Waals surface area contributed by atoms with Crippen molar-refractivity contribution in [1.82, 2.24) is 24.8 Å². The zero-order chi connectivity index (χ0) is 25.8. The van der Waals surface area contributed by atoms with E-state index in [1.165, 1.54) is 0 Å². The van der Waals surface area contributed by atoms with Crippen LogP contribution in [0.25, 0.3) is 10.9 Å². The molecule has 2 aromatic heterocycles. The Morgan fingerprint density at radius 2 is 2.03 bits per heavy atom. The van der Waals surface area contributed by atoms with Crippen LogP contribution in [0, 0.1) is 5.92 Å². The molecule has 1 N–H and O–H groups in total. The molecule has 198 valence electrons. The number of carbonyl (C=O) groups excluding carboxylic acids is 1. The minimum atomic E-state index is -2.51. The molecular formula is C28H35F2N5O2. The molecule has 0 spiro atoms. The van der Waals surface area contributed by atoms with Gasteiger partial charge in [0.25, 0.3) is 18.3 Å². The number of carbonyl (C=O) groups is 1. The third-order valence-corrected chi connectivity index (χ3v) is 7.74. The minimum absolute atomic E-state index is 0.0189. The van der Waals surface area contributed by atoms with Crippen LogP contribution in [0.4, 0.5) is 8.78 Å². The highest BCUT2D eigenvalue weighted by atomic mass is 19.3. The molecule has 1 saturated carbocycles. The highest BCUT2D eigenvalue weighted by molar-refractivity contribution is 6.06. The average Bonchev–Trinajstić information content (AvgIpc) is 3.27. The van der Waals surface area contributed by atoms with Crippen LogP contribution >= 0.6 is 0 Å². The summed E-state index contributed by atoms with van der Waals surface area (Å²) in [6, 6.07) is 10.0. The van der Waals surface area contributed by atoms with Gasteiger partial charge in [-0.05, 0) is 69.7 Å². The number of pyridine rings is 1. The third kappa shape index (κ3) is 5.92. The number of hydrogen-bond acceptors (Lipinski definition) is 5. The minimum Gasteiger partial charge on any atom is -0.459 e. The van der Waals surface area contributed by atoms with Gasteiger partial charge in [0.05, 0.1) is 11.2 Å². The first-order chi connectivity index (χ1) is 18.0. The van der Waals surface area contributed by atoms with Gasteiger partial charge in [0.2, 0.25) is 0 Å². The quantitative estimate of drug-likeness (QED) is 0.446. The molecule has 37 heavy (non-hydrogen) atoms. The topological polar surface area (TPSA) is 72.3 Å².